The molecular formula is C8H18O4. The second-order valence-corrected chi connectivity index (χ2v) is 3.81. The number of aliphatic hydroxyl groups excluding tert-OH is 3. The van der Waals surface area contributed by atoms with Crippen molar-refractivity contribution in [3.63, 3.8) is 0 Å². The molecule has 0 heterocycles. The van der Waals surface area contributed by atoms with E-state index in [9.17, 15) is 0 Å². The van der Waals surface area contributed by atoms with E-state index in [1.807, 2.05) is 20.8 Å². The highest BCUT2D eigenvalue weighted by Crippen LogP contribution is 2.22. The summed E-state index contributed by atoms with van der Waals surface area (Å²) in [5.74, 6) is 0. The minimum absolute atomic E-state index is 0.166. The molecule has 0 aliphatic heterocycles. The molecule has 0 amide bonds. The maximum absolute atomic E-state index is 8.94. The van der Waals surface area contributed by atoms with E-state index >= 15 is 0 Å². The molecule has 0 aromatic rings. The monoisotopic (exact) mass is 178 g/mol. The van der Waals surface area contributed by atoms with E-state index < -0.39 is 19.0 Å². The summed E-state index contributed by atoms with van der Waals surface area (Å²) in [4.78, 5) is 0. The minimum atomic E-state index is -1.21. The molecule has 2 unspecified atom stereocenters. The molecule has 3 N–H and O–H groups in total. The van der Waals surface area contributed by atoms with E-state index in [0.717, 1.165) is 0 Å². The van der Waals surface area contributed by atoms with Gasteiger partial charge in [0.15, 0.2) is 6.29 Å². The number of hydrogen-bond donors (Lipinski definition) is 3. The molecule has 74 valence electrons. The lowest BCUT2D eigenvalue weighted by Gasteiger charge is -2.30. The molecule has 0 spiro atoms. The summed E-state index contributed by atoms with van der Waals surface area (Å²) in [5, 5.41) is 26.3. The lowest BCUT2D eigenvalue weighted by molar-refractivity contribution is -0.189. The van der Waals surface area contributed by atoms with Crippen LogP contribution in [0.4, 0.5) is 0 Å². The fourth-order valence-electron chi connectivity index (χ4n) is 0.754. The van der Waals surface area contributed by atoms with Crippen molar-refractivity contribution >= 4 is 0 Å². The Hall–Kier alpha value is -0.160. The zero-order valence-electron chi connectivity index (χ0n) is 7.82. The van der Waals surface area contributed by atoms with E-state index in [4.69, 9.17) is 20.1 Å². The van der Waals surface area contributed by atoms with Crippen LogP contribution in [0.3, 0.4) is 0 Å². The molecule has 0 aromatic heterocycles. The standard InChI is InChI=1S/C8H18O4/c1-8(2,3)6(4-9)12-7(11)5-10/h6-7,9-11H,4-5H2,1-3H3. The average Bonchev–Trinajstić information content (AvgIpc) is 1.97. The third kappa shape index (κ3) is 4.01. The quantitative estimate of drug-likeness (QED) is 0.518. The van der Waals surface area contributed by atoms with Crippen molar-refractivity contribution in [2.24, 2.45) is 5.41 Å². The van der Waals surface area contributed by atoms with Crippen molar-refractivity contribution in [2.75, 3.05) is 13.2 Å². The molecule has 0 aliphatic rings. The molecule has 0 saturated heterocycles. The van der Waals surface area contributed by atoms with Gasteiger partial charge in [-0.1, -0.05) is 20.8 Å². The minimum Gasteiger partial charge on any atom is -0.394 e. The second-order valence-electron chi connectivity index (χ2n) is 3.81. The maximum atomic E-state index is 8.94. The van der Waals surface area contributed by atoms with Crippen LogP contribution in [-0.4, -0.2) is 40.9 Å². The van der Waals surface area contributed by atoms with Gasteiger partial charge < -0.3 is 20.1 Å². The zero-order chi connectivity index (χ0) is 9.78. The molecule has 0 radical (unpaired) electrons. The SMILES string of the molecule is CC(C)(C)C(CO)OC(O)CO. The van der Waals surface area contributed by atoms with Gasteiger partial charge in [-0.15, -0.1) is 0 Å². The van der Waals surface area contributed by atoms with Crippen LogP contribution in [0.2, 0.25) is 0 Å². The highest BCUT2D eigenvalue weighted by atomic mass is 16.6. The molecule has 2 atom stereocenters. The fraction of sp³-hybridized carbons (Fsp3) is 1.00. The van der Waals surface area contributed by atoms with Crippen LogP contribution in [0.1, 0.15) is 20.8 Å². The van der Waals surface area contributed by atoms with Crippen molar-refractivity contribution in [2.45, 2.75) is 33.2 Å². The predicted molar refractivity (Wildman–Crippen MR) is 44.5 cm³/mol. The molecule has 0 bridgehead atoms. The Kier molecular flexibility index (Phi) is 4.70. The van der Waals surface area contributed by atoms with Crippen LogP contribution in [0.5, 0.6) is 0 Å². The van der Waals surface area contributed by atoms with Crippen LogP contribution in [0, 0.1) is 5.41 Å². The largest absolute Gasteiger partial charge is 0.394 e. The zero-order valence-corrected chi connectivity index (χ0v) is 7.82. The van der Waals surface area contributed by atoms with Crippen LogP contribution >= 0.6 is 0 Å². The Morgan fingerprint density at radius 1 is 1.17 bits per heavy atom. The summed E-state index contributed by atoms with van der Waals surface area (Å²) in [7, 11) is 0. The summed E-state index contributed by atoms with van der Waals surface area (Å²) in [6.45, 7) is 5.04. The third-order valence-corrected chi connectivity index (χ3v) is 1.61. The topological polar surface area (TPSA) is 69.9 Å². The van der Waals surface area contributed by atoms with Crippen LogP contribution in [0.25, 0.3) is 0 Å². The first-order chi connectivity index (χ1) is 5.41. The van der Waals surface area contributed by atoms with Gasteiger partial charge in [-0.25, -0.2) is 0 Å². The molecule has 12 heavy (non-hydrogen) atoms. The summed E-state index contributed by atoms with van der Waals surface area (Å²) in [6, 6.07) is 0. The lowest BCUT2D eigenvalue weighted by atomic mass is 9.89. The predicted octanol–water partition coefficient (Wildman–Crippen LogP) is -0.279. The summed E-state index contributed by atoms with van der Waals surface area (Å²) >= 11 is 0. The van der Waals surface area contributed by atoms with Gasteiger partial charge in [-0.05, 0) is 5.41 Å². The van der Waals surface area contributed by atoms with Gasteiger partial charge in [0.1, 0.15) is 0 Å². The van der Waals surface area contributed by atoms with Gasteiger partial charge in [0.2, 0.25) is 0 Å². The van der Waals surface area contributed by atoms with Crippen LogP contribution in [0.15, 0.2) is 0 Å². The van der Waals surface area contributed by atoms with Gasteiger partial charge in [-0.2, -0.15) is 0 Å². The first kappa shape index (κ1) is 11.8. The highest BCUT2D eigenvalue weighted by Gasteiger charge is 2.26. The molecule has 0 saturated carbocycles. The smallest absolute Gasteiger partial charge is 0.178 e. The molecule has 0 rings (SSSR count). The summed E-state index contributed by atoms with van der Waals surface area (Å²) in [5.41, 5.74) is -0.245. The Balaban J connectivity index is 4.00. The maximum Gasteiger partial charge on any atom is 0.178 e. The van der Waals surface area contributed by atoms with E-state index in [2.05, 4.69) is 0 Å². The number of aliphatic hydroxyl groups is 3. The highest BCUT2D eigenvalue weighted by molar-refractivity contribution is 4.73. The van der Waals surface area contributed by atoms with E-state index in [0.29, 0.717) is 0 Å². The van der Waals surface area contributed by atoms with E-state index in [1.165, 1.54) is 0 Å². The Labute approximate surface area is 72.8 Å². The molecule has 4 nitrogen and oxygen atoms in total. The lowest BCUT2D eigenvalue weighted by Crippen LogP contribution is -2.37. The Bertz CT molecular complexity index is 119. The summed E-state index contributed by atoms with van der Waals surface area (Å²) < 4.78 is 4.97. The van der Waals surface area contributed by atoms with Crippen molar-refractivity contribution < 1.29 is 20.1 Å². The first-order valence-electron chi connectivity index (χ1n) is 3.97. The Morgan fingerprint density at radius 2 is 1.67 bits per heavy atom. The number of hydrogen-bond acceptors (Lipinski definition) is 4. The van der Waals surface area contributed by atoms with Crippen molar-refractivity contribution in [3.8, 4) is 0 Å². The van der Waals surface area contributed by atoms with Gasteiger partial charge in [-0.3, -0.25) is 0 Å². The van der Waals surface area contributed by atoms with Gasteiger partial charge in [0, 0.05) is 0 Å². The van der Waals surface area contributed by atoms with Crippen molar-refractivity contribution in [3.05, 3.63) is 0 Å². The number of ether oxygens (including phenoxy) is 1. The van der Waals surface area contributed by atoms with Crippen LogP contribution < -0.4 is 0 Å². The molecule has 0 aromatic carbocycles. The van der Waals surface area contributed by atoms with Gasteiger partial charge in [0.05, 0.1) is 19.3 Å². The Morgan fingerprint density at radius 3 is 1.92 bits per heavy atom. The van der Waals surface area contributed by atoms with E-state index in [1.54, 1.807) is 0 Å². The summed E-state index contributed by atoms with van der Waals surface area (Å²) in [6.07, 6.45) is -1.67. The number of rotatable bonds is 4. The van der Waals surface area contributed by atoms with Crippen molar-refractivity contribution in [1.29, 1.82) is 0 Å². The molecule has 0 aliphatic carbocycles. The molecule has 0 fully saturated rings. The average molecular weight is 178 g/mol. The van der Waals surface area contributed by atoms with Gasteiger partial charge >= 0.3 is 0 Å². The van der Waals surface area contributed by atoms with Crippen molar-refractivity contribution in [1.82, 2.24) is 0 Å². The van der Waals surface area contributed by atoms with Gasteiger partial charge in [0.25, 0.3) is 0 Å². The fourth-order valence-corrected chi connectivity index (χ4v) is 0.754. The van der Waals surface area contributed by atoms with Crippen LogP contribution in [-0.2, 0) is 4.74 Å². The normalized spacial score (nSPS) is 17.5. The first-order valence-corrected chi connectivity index (χ1v) is 3.97. The second kappa shape index (κ2) is 4.77. The molecular weight excluding hydrogens is 160 g/mol. The molecule has 4 heteroatoms. The third-order valence-electron chi connectivity index (χ3n) is 1.61. The van der Waals surface area contributed by atoms with E-state index in [-0.39, 0.29) is 12.0 Å².